The molecule has 0 heterocycles. The summed E-state index contributed by atoms with van der Waals surface area (Å²) in [6, 6.07) is 4.53. The van der Waals surface area contributed by atoms with Gasteiger partial charge in [-0.3, -0.25) is 9.59 Å². The topological polar surface area (TPSA) is 92.3 Å². The van der Waals surface area contributed by atoms with Gasteiger partial charge in [-0.1, -0.05) is 29.8 Å². The van der Waals surface area contributed by atoms with Crippen LogP contribution in [0.2, 0.25) is 5.02 Å². The molecule has 2 N–H and O–H groups in total. The van der Waals surface area contributed by atoms with Gasteiger partial charge in [0.05, 0.1) is 12.2 Å². The third-order valence-corrected chi connectivity index (χ3v) is 6.77. The molecule has 2 amide bonds. The summed E-state index contributed by atoms with van der Waals surface area (Å²) in [5.74, 6) is -1.91. The average molecular weight is 591 g/mol. The van der Waals surface area contributed by atoms with Crippen LogP contribution < -0.4 is 10.6 Å². The molecule has 1 atom stereocenters. The fraction of sp³-hybridized carbons (Fsp3) is 0.391. The quantitative estimate of drug-likeness (QED) is 0.409. The Morgan fingerprint density at radius 3 is 2.08 bits per heavy atom. The van der Waals surface area contributed by atoms with Crippen LogP contribution in [0.4, 0.5) is 36.4 Å². The zero-order valence-electron chi connectivity index (χ0n) is 20.0. The number of rotatable bonds is 8. The molecule has 2 aromatic carbocycles. The standard InChI is InChI=1S/C23H22ClF7N2O4S/c1-12-9-14(21(25,22(26,27)28)23(29,30)31)7-8-18(12)33-20(35)15-5-4-6-17(24)16(15)10-19(34)32-13(2)11-38(3,36)37/h4-9,13H,10-11H2,1-3H3,(H,32,34)(H,33,35). The molecule has 0 aromatic heterocycles. The van der Waals surface area contributed by atoms with E-state index in [2.05, 4.69) is 10.6 Å². The van der Waals surface area contributed by atoms with Crippen molar-refractivity contribution in [2.45, 2.75) is 44.3 Å². The summed E-state index contributed by atoms with van der Waals surface area (Å²) in [7, 11) is -3.39. The van der Waals surface area contributed by atoms with Crippen molar-refractivity contribution in [3.05, 3.63) is 63.7 Å². The number of sulfone groups is 1. The normalized spacial score (nSPS) is 13.7. The maximum absolute atomic E-state index is 14.4. The highest BCUT2D eigenvalue weighted by Gasteiger charge is 2.73. The van der Waals surface area contributed by atoms with Crippen molar-refractivity contribution in [1.82, 2.24) is 5.32 Å². The number of benzene rings is 2. The van der Waals surface area contributed by atoms with Gasteiger partial charge in [0.1, 0.15) is 9.84 Å². The smallest absolute Gasteiger partial charge is 0.352 e. The first-order chi connectivity index (χ1) is 17.2. The van der Waals surface area contributed by atoms with Crippen molar-refractivity contribution in [3.63, 3.8) is 0 Å². The number of anilines is 1. The van der Waals surface area contributed by atoms with Crippen LogP contribution in [-0.2, 0) is 26.7 Å². The highest BCUT2D eigenvalue weighted by atomic mass is 35.5. The van der Waals surface area contributed by atoms with Crippen LogP contribution in [0.15, 0.2) is 36.4 Å². The predicted molar refractivity (Wildman–Crippen MR) is 126 cm³/mol. The van der Waals surface area contributed by atoms with Crippen molar-refractivity contribution >= 4 is 38.9 Å². The molecular weight excluding hydrogens is 569 g/mol. The molecule has 2 rings (SSSR count). The Balaban J connectivity index is 2.33. The third kappa shape index (κ3) is 7.16. The van der Waals surface area contributed by atoms with Crippen LogP contribution >= 0.6 is 11.6 Å². The molecule has 0 aliphatic heterocycles. The Hall–Kier alpha value is -2.87. The second-order valence-corrected chi connectivity index (χ2v) is 11.2. The van der Waals surface area contributed by atoms with Gasteiger partial charge in [0, 0.05) is 34.1 Å². The van der Waals surface area contributed by atoms with Gasteiger partial charge in [0.2, 0.25) is 5.91 Å². The number of hydrogen-bond donors (Lipinski definition) is 2. The lowest BCUT2D eigenvalue weighted by Crippen LogP contribution is -2.50. The zero-order chi connectivity index (χ0) is 29.3. The summed E-state index contributed by atoms with van der Waals surface area (Å²) in [6.45, 7) is 2.52. The van der Waals surface area contributed by atoms with Gasteiger partial charge in [-0.15, -0.1) is 0 Å². The number of amides is 2. The molecule has 210 valence electrons. The van der Waals surface area contributed by atoms with E-state index in [9.17, 15) is 48.7 Å². The van der Waals surface area contributed by atoms with Crippen molar-refractivity contribution in [3.8, 4) is 0 Å². The number of hydrogen-bond acceptors (Lipinski definition) is 4. The number of alkyl halides is 7. The van der Waals surface area contributed by atoms with E-state index >= 15 is 0 Å². The van der Waals surface area contributed by atoms with E-state index < -0.39 is 57.7 Å². The van der Waals surface area contributed by atoms with Gasteiger partial charge in [-0.2, -0.15) is 26.3 Å². The van der Waals surface area contributed by atoms with Crippen molar-refractivity contribution in [2.24, 2.45) is 0 Å². The Morgan fingerprint density at radius 2 is 1.58 bits per heavy atom. The van der Waals surface area contributed by atoms with Crippen LogP contribution in [0.3, 0.4) is 0 Å². The lowest BCUT2D eigenvalue weighted by atomic mass is 9.92. The molecule has 6 nitrogen and oxygen atoms in total. The van der Waals surface area contributed by atoms with E-state index in [1.165, 1.54) is 25.1 Å². The van der Waals surface area contributed by atoms with Gasteiger partial charge in [-0.05, 0) is 43.2 Å². The number of aryl methyl sites for hydroxylation is 1. The highest BCUT2D eigenvalue weighted by molar-refractivity contribution is 7.90. The fourth-order valence-corrected chi connectivity index (χ4v) is 4.86. The van der Waals surface area contributed by atoms with Crippen LogP contribution in [0.25, 0.3) is 0 Å². The molecular formula is C23H22ClF7N2O4S. The summed E-state index contributed by atoms with van der Waals surface area (Å²) >= 11 is 6.14. The second-order valence-electron chi connectivity index (χ2n) is 8.64. The number of carbonyl (C=O) groups excluding carboxylic acids is 2. The maximum Gasteiger partial charge on any atom is 0.435 e. The zero-order valence-corrected chi connectivity index (χ0v) is 21.6. The molecule has 0 saturated carbocycles. The molecule has 38 heavy (non-hydrogen) atoms. The first kappa shape index (κ1) is 31.3. The largest absolute Gasteiger partial charge is 0.435 e. The molecule has 0 aliphatic rings. The summed E-state index contributed by atoms with van der Waals surface area (Å²) in [4.78, 5) is 25.3. The van der Waals surface area contributed by atoms with E-state index in [1.807, 2.05) is 0 Å². The highest BCUT2D eigenvalue weighted by Crippen LogP contribution is 2.53. The monoisotopic (exact) mass is 590 g/mol. The molecule has 0 aliphatic carbocycles. The van der Waals surface area contributed by atoms with E-state index in [0.29, 0.717) is 12.1 Å². The van der Waals surface area contributed by atoms with Crippen LogP contribution in [-0.4, -0.2) is 50.6 Å². The number of carbonyl (C=O) groups is 2. The van der Waals surface area contributed by atoms with Gasteiger partial charge < -0.3 is 10.6 Å². The predicted octanol–water partition coefficient (Wildman–Crippen LogP) is 5.28. The van der Waals surface area contributed by atoms with Gasteiger partial charge in [0.25, 0.3) is 5.91 Å². The van der Waals surface area contributed by atoms with Crippen LogP contribution in [0.5, 0.6) is 0 Å². The molecule has 0 fully saturated rings. The SMILES string of the molecule is Cc1cc(C(F)(C(F)(F)F)C(F)(F)F)ccc1NC(=O)c1cccc(Cl)c1CC(=O)NC(C)CS(C)(=O)=O. The van der Waals surface area contributed by atoms with E-state index in [1.54, 1.807) is 0 Å². The van der Waals surface area contributed by atoms with E-state index in [4.69, 9.17) is 11.6 Å². The minimum absolute atomic E-state index is 0.00629. The number of nitrogens with one attached hydrogen (secondary N) is 2. The van der Waals surface area contributed by atoms with Crippen LogP contribution in [0, 0.1) is 6.92 Å². The third-order valence-electron chi connectivity index (χ3n) is 5.31. The Labute approximate surface area is 218 Å². The van der Waals surface area contributed by atoms with Crippen LogP contribution in [0.1, 0.15) is 34.0 Å². The first-order valence-electron chi connectivity index (χ1n) is 10.7. The lowest BCUT2D eigenvalue weighted by molar-refractivity contribution is -0.348. The molecule has 1 unspecified atom stereocenters. The molecule has 0 spiro atoms. The summed E-state index contributed by atoms with van der Waals surface area (Å²) in [5.41, 5.74) is -7.98. The lowest BCUT2D eigenvalue weighted by Gasteiger charge is -2.30. The van der Waals surface area contributed by atoms with E-state index in [-0.39, 0.29) is 39.2 Å². The Bertz CT molecular complexity index is 1310. The van der Waals surface area contributed by atoms with Crippen molar-refractivity contribution < 1.29 is 48.7 Å². The molecule has 2 aromatic rings. The van der Waals surface area contributed by atoms with Crippen molar-refractivity contribution in [2.75, 3.05) is 17.3 Å². The Kier molecular flexibility index (Phi) is 9.15. The minimum Gasteiger partial charge on any atom is -0.352 e. The van der Waals surface area contributed by atoms with Gasteiger partial charge in [-0.25, -0.2) is 12.8 Å². The second kappa shape index (κ2) is 11.1. The summed E-state index contributed by atoms with van der Waals surface area (Å²) in [5, 5.41) is 4.75. The maximum atomic E-state index is 14.4. The van der Waals surface area contributed by atoms with E-state index in [0.717, 1.165) is 13.2 Å². The molecule has 15 heteroatoms. The molecule has 0 bridgehead atoms. The summed E-state index contributed by atoms with van der Waals surface area (Å²) < 4.78 is 115. The minimum atomic E-state index is -6.29. The van der Waals surface area contributed by atoms with Gasteiger partial charge in [0.15, 0.2) is 0 Å². The molecule has 0 radical (unpaired) electrons. The Morgan fingerprint density at radius 1 is 1.00 bits per heavy atom. The fourth-order valence-electron chi connectivity index (χ4n) is 3.63. The van der Waals surface area contributed by atoms with Gasteiger partial charge >= 0.3 is 18.0 Å². The summed E-state index contributed by atoms with van der Waals surface area (Å²) in [6.07, 6.45) is -12.1. The molecule has 0 saturated heterocycles. The first-order valence-corrected chi connectivity index (χ1v) is 13.1. The van der Waals surface area contributed by atoms with Crippen molar-refractivity contribution in [1.29, 1.82) is 0 Å². The number of halogens is 8. The average Bonchev–Trinajstić information content (AvgIpc) is 2.72.